The Balaban J connectivity index is 1.30. The Labute approximate surface area is 186 Å². The van der Waals surface area contributed by atoms with Crippen molar-refractivity contribution in [3.63, 3.8) is 0 Å². The van der Waals surface area contributed by atoms with Crippen LogP contribution in [-0.4, -0.2) is 8.80 Å². The fourth-order valence-electron chi connectivity index (χ4n) is 6.08. The molecule has 2 fully saturated rings. The van der Waals surface area contributed by atoms with E-state index in [2.05, 4.69) is 31.2 Å². The minimum Gasteiger partial charge on any atom is -0.166 e. The first-order chi connectivity index (χ1) is 14.9. The maximum Gasteiger partial charge on any atom is 0.416 e. The molecule has 0 aromatic heterocycles. The van der Waals surface area contributed by atoms with Gasteiger partial charge in [0.2, 0.25) is 0 Å². The zero-order chi connectivity index (χ0) is 21.8. The number of hydrogen-bond donors (Lipinski definition) is 0. The maximum absolute atomic E-state index is 12.8. The van der Waals surface area contributed by atoms with Crippen molar-refractivity contribution in [3.05, 3.63) is 59.7 Å². The summed E-state index contributed by atoms with van der Waals surface area (Å²) in [6, 6.07) is 18.7. The fourth-order valence-corrected chi connectivity index (χ4v) is 9.56. The molecule has 0 atom stereocenters. The summed E-state index contributed by atoms with van der Waals surface area (Å²) >= 11 is 0. The quantitative estimate of drug-likeness (QED) is 0.405. The second kappa shape index (κ2) is 9.93. The van der Waals surface area contributed by atoms with Crippen LogP contribution in [0.4, 0.5) is 13.2 Å². The number of alkyl halides is 3. The van der Waals surface area contributed by atoms with Gasteiger partial charge in [0, 0.05) is 8.80 Å². The summed E-state index contributed by atoms with van der Waals surface area (Å²) in [5.41, 5.74) is 2.63. The van der Waals surface area contributed by atoms with E-state index in [-0.39, 0.29) is 8.80 Å². The van der Waals surface area contributed by atoms with Crippen molar-refractivity contribution in [2.45, 2.75) is 82.1 Å². The second-order valence-corrected chi connectivity index (χ2v) is 13.3. The highest BCUT2D eigenvalue weighted by Crippen LogP contribution is 2.44. The molecule has 0 N–H and O–H groups in total. The molecule has 0 nitrogen and oxygen atoms in total. The van der Waals surface area contributed by atoms with Gasteiger partial charge in [0.1, 0.15) is 0 Å². The number of benzene rings is 2. The van der Waals surface area contributed by atoms with Gasteiger partial charge in [-0.2, -0.15) is 13.2 Å². The van der Waals surface area contributed by atoms with E-state index in [9.17, 15) is 13.2 Å². The lowest BCUT2D eigenvalue weighted by Crippen LogP contribution is -2.28. The summed E-state index contributed by atoms with van der Waals surface area (Å²) in [5, 5.41) is 0. The standard InChI is InChI=1S/C27H35F3Si/c1-2-17-31-18-15-25(16-19-31)23-9-7-21(8-10-23)20-3-5-22(6-4-20)24-11-13-26(14-12-24)27(28,29)30/h3-6,11-14,21,23,25,31H,2,7-10,15-19H2,1H3. The highest BCUT2D eigenvalue weighted by atomic mass is 28.3. The maximum atomic E-state index is 12.8. The third-order valence-corrected chi connectivity index (χ3v) is 11.6. The lowest BCUT2D eigenvalue weighted by atomic mass is 9.72. The lowest BCUT2D eigenvalue weighted by Gasteiger charge is -2.37. The highest BCUT2D eigenvalue weighted by Gasteiger charge is 2.32. The Bertz CT molecular complexity index is 809. The van der Waals surface area contributed by atoms with E-state index in [0.29, 0.717) is 5.92 Å². The molecule has 0 amide bonds. The fraction of sp³-hybridized carbons (Fsp3) is 0.556. The van der Waals surface area contributed by atoms with Crippen LogP contribution in [0.1, 0.15) is 68.9 Å². The number of halogens is 3. The van der Waals surface area contributed by atoms with Gasteiger partial charge < -0.3 is 0 Å². The molecule has 2 aromatic carbocycles. The van der Waals surface area contributed by atoms with Gasteiger partial charge in [-0.15, -0.1) is 0 Å². The summed E-state index contributed by atoms with van der Waals surface area (Å²) in [4.78, 5) is 0. The van der Waals surface area contributed by atoms with Gasteiger partial charge in [0.25, 0.3) is 0 Å². The Morgan fingerprint density at radius 1 is 0.742 bits per heavy atom. The van der Waals surface area contributed by atoms with Gasteiger partial charge in [-0.05, 0) is 72.3 Å². The predicted molar refractivity (Wildman–Crippen MR) is 126 cm³/mol. The Kier molecular flexibility index (Phi) is 7.25. The molecular weight excluding hydrogens is 409 g/mol. The van der Waals surface area contributed by atoms with Gasteiger partial charge in [-0.1, -0.05) is 80.7 Å². The molecule has 2 aromatic rings. The van der Waals surface area contributed by atoms with Crippen LogP contribution in [0.3, 0.4) is 0 Å². The van der Waals surface area contributed by atoms with Crippen LogP contribution in [0.25, 0.3) is 11.1 Å². The van der Waals surface area contributed by atoms with Gasteiger partial charge in [0.15, 0.2) is 0 Å². The number of hydrogen-bond acceptors (Lipinski definition) is 0. The molecule has 1 heterocycles. The van der Waals surface area contributed by atoms with Crippen molar-refractivity contribution in [2.24, 2.45) is 11.8 Å². The zero-order valence-electron chi connectivity index (χ0n) is 18.6. The van der Waals surface area contributed by atoms with Crippen molar-refractivity contribution in [2.75, 3.05) is 0 Å². The van der Waals surface area contributed by atoms with Crippen LogP contribution in [0.2, 0.25) is 18.1 Å². The molecule has 4 rings (SSSR count). The molecule has 0 bridgehead atoms. The van der Waals surface area contributed by atoms with Crippen LogP contribution >= 0.6 is 0 Å². The Morgan fingerprint density at radius 2 is 1.26 bits per heavy atom. The van der Waals surface area contributed by atoms with Crippen molar-refractivity contribution < 1.29 is 13.2 Å². The Morgan fingerprint density at radius 3 is 1.77 bits per heavy atom. The molecule has 0 spiro atoms. The van der Waals surface area contributed by atoms with E-state index in [1.165, 1.54) is 62.6 Å². The molecule has 168 valence electrons. The van der Waals surface area contributed by atoms with E-state index in [1.807, 2.05) is 0 Å². The van der Waals surface area contributed by atoms with E-state index >= 15 is 0 Å². The van der Waals surface area contributed by atoms with Crippen molar-refractivity contribution in [1.82, 2.24) is 0 Å². The minimum absolute atomic E-state index is 0.379. The molecule has 1 saturated heterocycles. The van der Waals surface area contributed by atoms with E-state index in [4.69, 9.17) is 0 Å². The van der Waals surface area contributed by atoms with Gasteiger partial charge in [-0.25, -0.2) is 0 Å². The average molecular weight is 445 g/mol. The monoisotopic (exact) mass is 444 g/mol. The zero-order valence-corrected chi connectivity index (χ0v) is 19.8. The van der Waals surface area contributed by atoms with Crippen LogP contribution in [0.15, 0.2) is 48.5 Å². The Hall–Kier alpha value is -1.55. The second-order valence-electron chi connectivity index (χ2n) is 9.88. The molecule has 4 heteroatoms. The molecule has 1 aliphatic heterocycles. The third kappa shape index (κ3) is 5.63. The largest absolute Gasteiger partial charge is 0.416 e. The van der Waals surface area contributed by atoms with Crippen molar-refractivity contribution in [1.29, 1.82) is 0 Å². The van der Waals surface area contributed by atoms with Crippen LogP contribution in [0, 0.1) is 11.8 Å². The first-order valence-corrected chi connectivity index (χ1v) is 14.7. The first-order valence-electron chi connectivity index (χ1n) is 12.2. The average Bonchev–Trinajstić information content (AvgIpc) is 2.80. The summed E-state index contributed by atoms with van der Waals surface area (Å²) < 4.78 is 38.3. The summed E-state index contributed by atoms with van der Waals surface area (Å²) in [6.45, 7) is 2.34. The molecule has 1 saturated carbocycles. The molecule has 0 unspecified atom stereocenters. The summed E-state index contributed by atoms with van der Waals surface area (Å²) in [6.07, 6.45) is 5.45. The number of rotatable bonds is 5. The third-order valence-electron chi connectivity index (χ3n) is 7.95. The van der Waals surface area contributed by atoms with Crippen LogP contribution < -0.4 is 0 Å². The minimum atomic E-state index is -4.28. The first kappa shape index (κ1) is 22.6. The van der Waals surface area contributed by atoms with E-state index < -0.39 is 11.7 Å². The summed E-state index contributed by atoms with van der Waals surface area (Å²) in [5.74, 6) is 2.58. The van der Waals surface area contributed by atoms with Crippen molar-refractivity contribution >= 4 is 8.80 Å². The van der Waals surface area contributed by atoms with Gasteiger partial charge >= 0.3 is 6.18 Å². The smallest absolute Gasteiger partial charge is 0.166 e. The molecule has 1 aliphatic carbocycles. The lowest BCUT2D eigenvalue weighted by molar-refractivity contribution is -0.137. The SMILES string of the molecule is CCC[SiH]1CCC(C2CCC(c3ccc(-c4ccc(C(F)(F)F)cc4)cc3)CC2)CC1. The van der Waals surface area contributed by atoms with Gasteiger partial charge in [-0.3, -0.25) is 0 Å². The molecule has 2 aliphatic rings. The molecule has 31 heavy (non-hydrogen) atoms. The topological polar surface area (TPSA) is 0 Å². The van der Waals surface area contributed by atoms with E-state index in [0.717, 1.165) is 23.0 Å². The predicted octanol–water partition coefficient (Wildman–Crippen LogP) is 8.69. The highest BCUT2D eigenvalue weighted by molar-refractivity contribution is 6.58. The van der Waals surface area contributed by atoms with E-state index in [1.54, 1.807) is 30.3 Å². The molecular formula is C27H35F3Si. The van der Waals surface area contributed by atoms with Crippen LogP contribution in [0.5, 0.6) is 0 Å². The van der Waals surface area contributed by atoms with Gasteiger partial charge in [0.05, 0.1) is 5.56 Å². The van der Waals surface area contributed by atoms with Crippen LogP contribution in [-0.2, 0) is 6.18 Å². The normalized spacial score (nSPS) is 27.2. The molecule has 0 radical (unpaired) electrons. The van der Waals surface area contributed by atoms with Crippen molar-refractivity contribution in [3.8, 4) is 11.1 Å². The summed E-state index contributed by atoms with van der Waals surface area (Å²) in [7, 11) is -0.379.